The van der Waals surface area contributed by atoms with Gasteiger partial charge in [-0.25, -0.2) is 9.78 Å². The largest absolute Gasteiger partial charge is 0.359 e. The van der Waals surface area contributed by atoms with Crippen molar-refractivity contribution in [2.45, 2.75) is 13.5 Å². The van der Waals surface area contributed by atoms with Crippen molar-refractivity contribution in [3.05, 3.63) is 46.5 Å². The Labute approximate surface area is 80.0 Å². The predicted octanol–water partition coefficient (Wildman–Crippen LogP) is 0.588. The molecule has 0 fully saturated rings. The molecule has 2 aromatic heterocycles. The van der Waals surface area contributed by atoms with Crippen molar-refractivity contribution >= 4 is 0 Å². The highest BCUT2D eigenvalue weighted by molar-refractivity contribution is 5.03. The van der Waals surface area contributed by atoms with Gasteiger partial charge in [-0.2, -0.15) is 0 Å². The van der Waals surface area contributed by atoms with Crippen molar-refractivity contribution in [2.75, 3.05) is 0 Å². The van der Waals surface area contributed by atoms with Crippen molar-refractivity contribution in [1.29, 1.82) is 0 Å². The van der Waals surface area contributed by atoms with E-state index >= 15 is 0 Å². The zero-order valence-electron chi connectivity index (χ0n) is 7.67. The molecule has 2 heterocycles. The van der Waals surface area contributed by atoms with Crippen LogP contribution in [0.25, 0.3) is 0 Å². The molecule has 2 aromatic rings. The fourth-order valence-corrected chi connectivity index (χ4v) is 1.17. The Morgan fingerprint density at radius 3 is 3.07 bits per heavy atom. The minimum absolute atomic E-state index is 0.290. The number of nitrogens with zero attached hydrogens (tertiary/aromatic N) is 3. The lowest BCUT2D eigenvalue weighted by molar-refractivity contribution is 0.371. The quantitative estimate of drug-likeness (QED) is 0.696. The molecule has 0 atom stereocenters. The van der Waals surface area contributed by atoms with Crippen LogP contribution in [0.2, 0.25) is 0 Å². The molecule has 0 aromatic carbocycles. The van der Waals surface area contributed by atoms with E-state index in [1.165, 1.54) is 10.8 Å². The molecule has 0 saturated carbocycles. The van der Waals surface area contributed by atoms with Gasteiger partial charge in [0.25, 0.3) is 0 Å². The SMILES string of the molecule is Cc1cc(Cn2cccnc2=O)on1. The van der Waals surface area contributed by atoms with Crippen LogP contribution in [0.3, 0.4) is 0 Å². The van der Waals surface area contributed by atoms with Crippen LogP contribution in [0.15, 0.2) is 33.8 Å². The van der Waals surface area contributed by atoms with Gasteiger partial charge in [-0.05, 0) is 13.0 Å². The maximum atomic E-state index is 11.2. The summed E-state index contributed by atoms with van der Waals surface area (Å²) in [6.45, 7) is 2.20. The van der Waals surface area contributed by atoms with Gasteiger partial charge in [0.2, 0.25) is 0 Å². The Morgan fingerprint density at radius 1 is 1.57 bits per heavy atom. The average molecular weight is 191 g/mol. The molecular weight excluding hydrogens is 182 g/mol. The van der Waals surface area contributed by atoms with Gasteiger partial charge in [0.15, 0.2) is 5.76 Å². The highest BCUT2D eigenvalue weighted by Gasteiger charge is 2.02. The molecule has 14 heavy (non-hydrogen) atoms. The zero-order chi connectivity index (χ0) is 9.97. The molecule has 0 aliphatic heterocycles. The molecule has 0 radical (unpaired) electrons. The van der Waals surface area contributed by atoms with E-state index in [1.54, 1.807) is 18.3 Å². The van der Waals surface area contributed by atoms with E-state index in [0.29, 0.717) is 12.3 Å². The minimum Gasteiger partial charge on any atom is -0.359 e. The smallest absolute Gasteiger partial charge is 0.347 e. The number of hydrogen-bond donors (Lipinski definition) is 0. The zero-order valence-corrected chi connectivity index (χ0v) is 7.67. The topological polar surface area (TPSA) is 60.9 Å². The molecule has 0 amide bonds. The van der Waals surface area contributed by atoms with Gasteiger partial charge in [-0.1, -0.05) is 5.16 Å². The van der Waals surface area contributed by atoms with Crippen LogP contribution in [0.5, 0.6) is 0 Å². The summed E-state index contributed by atoms with van der Waals surface area (Å²) in [7, 11) is 0. The lowest BCUT2D eigenvalue weighted by Gasteiger charge is -1.98. The van der Waals surface area contributed by atoms with Gasteiger partial charge in [-0.15, -0.1) is 0 Å². The van der Waals surface area contributed by atoms with E-state index in [0.717, 1.165) is 5.69 Å². The first kappa shape index (κ1) is 8.68. The van der Waals surface area contributed by atoms with Gasteiger partial charge in [0, 0.05) is 18.5 Å². The highest BCUT2D eigenvalue weighted by atomic mass is 16.5. The highest BCUT2D eigenvalue weighted by Crippen LogP contribution is 2.02. The lowest BCUT2D eigenvalue weighted by atomic mass is 10.4. The summed E-state index contributed by atoms with van der Waals surface area (Å²) in [4.78, 5) is 14.8. The molecule has 0 unspecified atom stereocenters. The van der Waals surface area contributed by atoms with Crippen molar-refractivity contribution in [2.24, 2.45) is 0 Å². The van der Waals surface area contributed by atoms with Crippen molar-refractivity contribution in [3.8, 4) is 0 Å². The summed E-state index contributed by atoms with van der Waals surface area (Å²) in [5.74, 6) is 0.651. The van der Waals surface area contributed by atoms with Gasteiger partial charge in [-0.3, -0.25) is 4.57 Å². The van der Waals surface area contributed by atoms with Crippen molar-refractivity contribution < 1.29 is 4.52 Å². The summed E-state index contributed by atoms with van der Waals surface area (Å²) in [6.07, 6.45) is 3.12. The molecule has 2 rings (SSSR count). The fourth-order valence-electron chi connectivity index (χ4n) is 1.17. The molecular formula is C9H9N3O2. The Kier molecular flexibility index (Phi) is 2.14. The maximum absolute atomic E-state index is 11.2. The second-order valence-corrected chi connectivity index (χ2v) is 2.96. The summed E-state index contributed by atoms with van der Waals surface area (Å²) in [6, 6.07) is 3.49. The monoisotopic (exact) mass is 191 g/mol. The van der Waals surface area contributed by atoms with E-state index in [9.17, 15) is 4.79 Å². The first-order chi connectivity index (χ1) is 6.75. The van der Waals surface area contributed by atoms with Crippen LogP contribution >= 0.6 is 0 Å². The van der Waals surface area contributed by atoms with E-state index in [4.69, 9.17) is 4.52 Å². The fraction of sp³-hybridized carbons (Fsp3) is 0.222. The van der Waals surface area contributed by atoms with Crippen molar-refractivity contribution in [1.82, 2.24) is 14.7 Å². The van der Waals surface area contributed by atoms with Crippen LogP contribution in [0.1, 0.15) is 11.5 Å². The Balaban J connectivity index is 2.27. The third-order valence-corrected chi connectivity index (χ3v) is 1.79. The Hall–Kier alpha value is -1.91. The van der Waals surface area contributed by atoms with Crippen LogP contribution in [-0.2, 0) is 6.54 Å². The third-order valence-electron chi connectivity index (χ3n) is 1.79. The average Bonchev–Trinajstić information content (AvgIpc) is 2.56. The standard InChI is InChI=1S/C9H9N3O2/c1-7-5-8(14-11-7)6-12-4-2-3-10-9(12)13/h2-5H,6H2,1H3. The molecule has 0 saturated heterocycles. The lowest BCUT2D eigenvalue weighted by Crippen LogP contribution is -2.21. The van der Waals surface area contributed by atoms with Gasteiger partial charge in [0.05, 0.1) is 12.2 Å². The summed E-state index contributed by atoms with van der Waals surface area (Å²) in [5, 5.41) is 3.73. The van der Waals surface area contributed by atoms with E-state index < -0.39 is 0 Å². The van der Waals surface area contributed by atoms with Gasteiger partial charge in [0.1, 0.15) is 0 Å². The van der Waals surface area contributed by atoms with Crippen molar-refractivity contribution in [3.63, 3.8) is 0 Å². The normalized spacial score (nSPS) is 10.4. The molecule has 5 nitrogen and oxygen atoms in total. The molecule has 5 heteroatoms. The van der Waals surface area contributed by atoms with Crippen LogP contribution in [0, 0.1) is 6.92 Å². The number of rotatable bonds is 2. The number of hydrogen-bond acceptors (Lipinski definition) is 4. The predicted molar refractivity (Wildman–Crippen MR) is 48.8 cm³/mol. The molecule has 0 aliphatic rings. The first-order valence-electron chi connectivity index (χ1n) is 4.19. The molecule has 72 valence electrons. The van der Waals surface area contributed by atoms with Gasteiger partial charge < -0.3 is 4.52 Å². The summed E-state index contributed by atoms with van der Waals surface area (Å²) >= 11 is 0. The Bertz CT molecular complexity index is 487. The van der Waals surface area contributed by atoms with Crippen LogP contribution in [0.4, 0.5) is 0 Å². The third kappa shape index (κ3) is 1.71. The Morgan fingerprint density at radius 2 is 2.43 bits per heavy atom. The number of aromatic nitrogens is 3. The molecule has 0 N–H and O–H groups in total. The first-order valence-corrected chi connectivity index (χ1v) is 4.19. The van der Waals surface area contributed by atoms with E-state index in [2.05, 4.69) is 10.1 Å². The molecule has 0 spiro atoms. The van der Waals surface area contributed by atoms with E-state index in [1.807, 2.05) is 6.92 Å². The second-order valence-electron chi connectivity index (χ2n) is 2.96. The number of aryl methyl sites for hydroxylation is 1. The maximum Gasteiger partial charge on any atom is 0.347 e. The minimum atomic E-state index is -0.290. The molecule has 0 aliphatic carbocycles. The van der Waals surface area contributed by atoms with E-state index in [-0.39, 0.29) is 5.69 Å². The van der Waals surface area contributed by atoms with Gasteiger partial charge >= 0.3 is 5.69 Å². The molecule has 0 bridgehead atoms. The second kappa shape index (κ2) is 3.45. The summed E-state index contributed by atoms with van der Waals surface area (Å²) in [5.41, 5.74) is 0.512. The van der Waals surface area contributed by atoms with Crippen LogP contribution in [-0.4, -0.2) is 14.7 Å². The van der Waals surface area contributed by atoms with Crippen LogP contribution < -0.4 is 5.69 Å². The summed E-state index contributed by atoms with van der Waals surface area (Å²) < 4.78 is 6.44.